The molecule has 1 saturated heterocycles. The van der Waals surface area contributed by atoms with Gasteiger partial charge in [0.05, 0.1) is 0 Å². The molecular weight excluding hydrogens is 288 g/mol. The Balaban J connectivity index is 2.33. The maximum absolute atomic E-state index is 12.5. The average molecular weight is 304 g/mol. The number of hydrogen-bond donors (Lipinski definition) is 1. The maximum atomic E-state index is 12.5. The number of carbonyl (C=O) groups is 1. The van der Waals surface area contributed by atoms with Crippen molar-refractivity contribution in [1.82, 2.24) is 9.21 Å². The quantitative estimate of drug-likeness (QED) is 0.892. The van der Waals surface area contributed by atoms with Gasteiger partial charge in [0.25, 0.3) is 0 Å². The van der Waals surface area contributed by atoms with Crippen LogP contribution in [0.25, 0.3) is 0 Å². The van der Waals surface area contributed by atoms with Crippen LogP contribution >= 0.6 is 11.3 Å². The first-order valence-electron chi connectivity index (χ1n) is 5.85. The summed E-state index contributed by atoms with van der Waals surface area (Å²) in [5.74, 6) is -1.20. The SMILES string of the molecule is CC1CN(S(=O)(=O)c2ccsc2C(=O)O)CCN1C. The number of likely N-dealkylation sites (N-methyl/N-ethyl adjacent to an activating group) is 1. The molecule has 0 amide bonds. The lowest BCUT2D eigenvalue weighted by atomic mass is 10.2. The van der Waals surface area contributed by atoms with E-state index in [2.05, 4.69) is 4.90 Å². The van der Waals surface area contributed by atoms with Gasteiger partial charge in [-0.25, -0.2) is 13.2 Å². The van der Waals surface area contributed by atoms with Gasteiger partial charge in [0.2, 0.25) is 10.0 Å². The minimum absolute atomic E-state index is 0.0956. The molecule has 2 heterocycles. The van der Waals surface area contributed by atoms with Crippen LogP contribution in [0.5, 0.6) is 0 Å². The molecule has 1 aromatic heterocycles. The highest BCUT2D eigenvalue weighted by Gasteiger charge is 2.33. The predicted octanol–water partition coefficient (Wildman–Crippen LogP) is 0.771. The average Bonchev–Trinajstić information content (AvgIpc) is 2.82. The monoisotopic (exact) mass is 304 g/mol. The molecular formula is C11H16N2O4S2. The summed E-state index contributed by atoms with van der Waals surface area (Å²) in [4.78, 5) is 12.9. The van der Waals surface area contributed by atoms with E-state index in [0.29, 0.717) is 19.6 Å². The third kappa shape index (κ3) is 2.66. The molecule has 1 unspecified atom stereocenters. The second kappa shape index (κ2) is 5.20. The van der Waals surface area contributed by atoms with Gasteiger partial charge in [-0.05, 0) is 25.4 Å². The van der Waals surface area contributed by atoms with E-state index in [1.54, 1.807) is 0 Å². The number of sulfonamides is 1. The summed E-state index contributed by atoms with van der Waals surface area (Å²) >= 11 is 0.934. The number of hydrogen-bond acceptors (Lipinski definition) is 5. The van der Waals surface area contributed by atoms with Crippen molar-refractivity contribution >= 4 is 27.3 Å². The second-order valence-corrected chi connectivity index (χ2v) is 7.43. The summed E-state index contributed by atoms with van der Waals surface area (Å²) in [5, 5.41) is 10.5. The van der Waals surface area contributed by atoms with Crippen molar-refractivity contribution in [2.24, 2.45) is 0 Å². The molecule has 0 aliphatic carbocycles. The number of carboxylic acids is 1. The molecule has 1 aromatic rings. The zero-order chi connectivity index (χ0) is 14.2. The Morgan fingerprint density at radius 2 is 2.16 bits per heavy atom. The van der Waals surface area contributed by atoms with Gasteiger partial charge >= 0.3 is 5.97 Å². The molecule has 1 aliphatic rings. The van der Waals surface area contributed by atoms with Crippen LogP contribution < -0.4 is 0 Å². The Labute approximate surface area is 116 Å². The summed E-state index contributed by atoms with van der Waals surface area (Å²) in [6.07, 6.45) is 0. The molecule has 0 saturated carbocycles. The summed E-state index contributed by atoms with van der Waals surface area (Å²) in [7, 11) is -1.77. The minimum Gasteiger partial charge on any atom is -0.477 e. The summed E-state index contributed by atoms with van der Waals surface area (Å²) in [5.41, 5.74) is 0. The van der Waals surface area contributed by atoms with Gasteiger partial charge in [0.1, 0.15) is 9.77 Å². The van der Waals surface area contributed by atoms with Crippen molar-refractivity contribution < 1.29 is 18.3 Å². The van der Waals surface area contributed by atoms with E-state index in [1.165, 1.54) is 15.8 Å². The van der Waals surface area contributed by atoms with E-state index >= 15 is 0 Å². The smallest absolute Gasteiger partial charge is 0.347 e. The zero-order valence-electron chi connectivity index (χ0n) is 10.7. The number of rotatable bonds is 3. The third-order valence-corrected chi connectivity index (χ3v) is 6.30. The van der Waals surface area contributed by atoms with E-state index in [-0.39, 0.29) is 15.8 Å². The van der Waals surface area contributed by atoms with E-state index in [1.807, 2.05) is 14.0 Å². The van der Waals surface area contributed by atoms with Crippen LogP contribution in [-0.2, 0) is 10.0 Å². The Morgan fingerprint density at radius 1 is 1.47 bits per heavy atom. The Morgan fingerprint density at radius 3 is 2.74 bits per heavy atom. The van der Waals surface area contributed by atoms with Crippen LogP contribution in [0.2, 0.25) is 0 Å². The van der Waals surface area contributed by atoms with Crippen LogP contribution in [0.3, 0.4) is 0 Å². The standard InChI is InChI=1S/C11H16N2O4S2/c1-8-7-13(5-4-12(8)2)19(16,17)9-3-6-18-10(9)11(14)15/h3,6,8H,4-5,7H2,1-2H3,(H,14,15). The van der Waals surface area contributed by atoms with Gasteiger partial charge in [-0.2, -0.15) is 4.31 Å². The van der Waals surface area contributed by atoms with Crippen molar-refractivity contribution in [2.45, 2.75) is 17.9 Å². The lowest BCUT2D eigenvalue weighted by Gasteiger charge is -2.36. The first-order chi connectivity index (χ1) is 8.84. The fourth-order valence-corrected chi connectivity index (χ4v) is 4.77. The minimum atomic E-state index is -3.71. The fourth-order valence-electron chi connectivity index (χ4n) is 2.03. The second-order valence-electron chi connectivity index (χ2n) is 4.61. The Hall–Kier alpha value is -0.960. The summed E-state index contributed by atoms with van der Waals surface area (Å²) < 4.78 is 26.3. The fraction of sp³-hybridized carbons (Fsp3) is 0.545. The highest BCUT2D eigenvalue weighted by Crippen LogP contribution is 2.26. The maximum Gasteiger partial charge on any atom is 0.347 e. The largest absolute Gasteiger partial charge is 0.477 e. The molecule has 0 radical (unpaired) electrons. The van der Waals surface area contributed by atoms with E-state index < -0.39 is 16.0 Å². The van der Waals surface area contributed by atoms with Gasteiger partial charge in [-0.15, -0.1) is 11.3 Å². The lowest BCUT2D eigenvalue weighted by Crippen LogP contribution is -2.51. The van der Waals surface area contributed by atoms with Gasteiger partial charge < -0.3 is 10.0 Å². The summed E-state index contributed by atoms with van der Waals surface area (Å²) in [6.45, 7) is 3.37. The Kier molecular flexibility index (Phi) is 3.95. The normalized spacial score (nSPS) is 22.5. The van der Waals surface area contributed by atoms with Crippen molar-refractivity contribution in [3.8, 4) is 0 Å². The predicted molar refractivity (Wildman–Crippen MR) is 72.1 cm³/mol. The van der Waals surface area contributed by atoms with Gasteiger partial charge in [-0.3, -0.25) is 0 Å². The molecule has 106 valence electrons. The highest BCUT2D eigenvalue weighted by atomic mass is 32.2. The number of thiophene rings is 1. The first kappa shape index (κ1) is 14.4. The zero-order valence-corrected chi connectivity index (χ0v) is 12.4. The van der Waals surface area contributed by atoms with Crippen molar-refractivity contribution in [1.29, 1.82) is 0 Å². The summed E-state index contributed by atoms with van der Waals surface area (Å²) in [6, 6.07) is 1.49. The molecule has 19 heavy (non-hydrogen) atoms. The van der Waals surface area contributed by atoms with Crippen LogP contribution in [-0.4, -0.2) is 61.4 Å². The number of carboxylic acid groups (broad SMARTS) is 1. The molecule has 1 atom stereocenters. The van der Waals surface area contributed by atoms with Crippen LogP contribution in [0, 0.1) is 0 Å². The van der Waals surface area contributed by atoms with Crippen molar-refractivity contribution in [3.05, 3.63) is 16.3 Å². The Bertz CT molecular complexity index is 581. The lowest BCUT2D eigenvalue weighted by molar-refractivity contribution is 0.0698. The number of piperazine rings is 1. The molecule has 0 aromatic carbocycles. The van der Waals surface area contributed by atoms with Crippen LogP contribution in [0.15, 0.2) is 16.3 Å². The molecule has 6 nitrogen and oxygen atoms in total. The van der Waals surface area contributed by atoms with Crippen molar-refractivity contribution in [3.63, 3.8) is 0 Å². The number of nitrogens with zero attached hydrogens (tertiary/aromatic N) is 2. The molecule has 1 N–H and O–H groups in total. The molecule has 1 fully saturated rings. The first-order valence-corrected chi connectivity index (χ1v) is 8.17. The van der Waals surface area contributed by atoms with E-state index in [0.717, 1.165) is 11.3 Å². The van der Waals surface area contributed by atoms with Crippen LogP contribution in [0.1, 0.15) is 16.6 Å². The molecule has 0 spiro atoms. The van der Waals surface area contributed by atoms with E-state index in [4.69, 9.17) is 5.11 Å². The van der Waals surface area contributed by atoms with E-state index in [9.17, 15) is 13.2 Å². The molecule has 1 aliphatic heterocycles. The van der Waals surface area contributed by atoms with Gasteiger partial charge in [0.15, 0.2) is 0 Å². The topological polar surface area (TPSA) is 77.9 Å². The third-order valence-electron chi connectivity index (χ3n) is 3.36. The van der Waals surface area contributed by atoms with Crippen LogP contribution in [0.4, 0.5) is 0 Å². The molecule has 8 heteroatoms. The molecule has 0 bridgehead atoms. The van der Waals surface area contributed by atoms with Crippen molar-refractivity contribution in [2.75, 3.05) is 26.7 Å². The highest BCUT2D eigenvalue weighted by molar-refractivity contribution is 7.89. The van der Waals surface area contributed by atoms with Gasteiger partial charge in [-0.1, -0.05) is 0 Å². The van der Waals surface area contributed by atoms with Gasteiger partial charge in [0, 0.05) is 25.7 Å². The number of aromatic carboxylic acids is 1. The molecule has 2 rings (SSSR count).